The molecule has 0 unspecified atom stereocenters. The molecule has 0 bridgehead atoms. The SMILES string of the molecule is Oc1ccc(Cl)cc1/C=N/CCC/N=C/c1cc(Cl)ccc1O. The molecule has 0 spiro atoms. The summed E-state index contributed by atoms with van der Waals surface area (Å²) in [6.07, 6.45) is 3.93. The molecule has 2 aromatic carbocycles. The normalized spacial score (nSPS) is 11.6. The van der Waals surface area contributed by atoms with E-state index in [0.29, 0.717) is 34.3 Å². The first-order chi connectivity index (χ1) is 11.1. The van der Waals surface area contributed by atoms with Gasteiger partial charge in [-0.2, -0.15) is 0 Å². The Morgan fingerprint density at radius 2 is 1.22 bits per heavy atom. The zero-order valence-corrected chi connectivity index (χ0v) is 13.8. The minimum atomic E-state index is 0.146. The van der Waals surface area contributed by atoms with Gasteiger partial charge in [0.15, 0.2) is 0 Å². The minimum absolute atomic E-state index is 0.146. The third-order valence-electron chi connectivity index (χ3n) is 3.01. The van der Waals surface area contributed by atoms with Crippen LogP contribution in [0.25, 0.3) is 0 Å². The fraction of sp³-hybridized carbons (Fsp3) is 0.176. The van der Waals surface area contributed by atoms with E-state index in [1.54, 1.807) is 36.7 Å². The highest BCUT2D eigenvalue weighted by atomic mass is 35.5. The third-order valence-corrected chi connectivity index (χ3v) is 3.48. The van der Waals surface area contributed by atoms with E-state index in [4.69, 9.17) is 23.2 Å². The summed E-state index contributed by atoms with van der Waals surface area (Å²) in [5.74, 6) is 0.292. The van der Waals surface area contributed by atoms with Crippen LogP contribution < -0.4 is 0 Å². The first-order valence-electron chi connectivity index (χ1n) is 7.03. The molecule has 0 fully saturated rings. The van der Waals surface area contributed by atoms with E-state index in [9.17, 15) is 10.2 Å². The van der Waals surface area contributed by atoms with E-state index in [0.717, 1.165) is 6.42 Å². The molecular weight excluding hydrogens is 335 g/mol. The summed E-state index contributed by atoms with van der Waals surface area (Å²) in [5.41, 5.74) is 1.18. The summed E-state index contributed by atoms with van der Waals surface area (Å²) in [5, 5.41) is 20.4. The topological polar surface area (TPSA) is 65.2 Å². The number of benzene rings is 2. The van der Waals surface area contributed by atoms with Crippen LogP contribution >= 0.6 is 23.2 Å². The van der Waals surface area contributed by atoms with Gasteiger partial charge in [-0.15, -0.1) is 0 Å². The molecule has 0 heterocycles. The van der Waals surface area contributed by atoms with Crippen molar-refractivity contribution < 1.29 is 10.2 Å². The highest BCUT2D eigenvalue weighted by molar-refractivity contribution is 6.31. The van der Waals surface area contributed by atoms with E-state index in [1.807, 2.05) is 0 Å². The van der Waals surface area contributed by atoms with Crippen LogP contribution in [0.1, 0.15) is 17.5 Å². The van der Waals surface area contributed by atoms with Crippen molar-refractivity contribution in [2.75, 3.05) is 13.1 Å². The Labute approximate surface area is 144 Å². The number of hydrogen-bond donors (Lipinski definition) is 2. The van der Waals surface area contributed by atoms with Gasteiger partial charge in [-0.25, -0.2) is 0 Å². The number of rotatable bonds is 6. The van der Waals surface area contributed by atoms with Crippen LogP contribution in [0.5, 0.6) is 11.5 Å². The molecular formula is C17H16Cl2N2O2. The van der Waals surface area contributed by atoms with E-state index in [2.05, 4.69) is 9.98 Å². The van der Waals surface area contributed by atoms with Gasteiger partial charge in [0.2, 0.25) is 0 Å². The van der Waals surface area contributed by atoms with E-state index >= 15 is 0 Å². The maximum absolute atomic E-state index is 9.64. The van der Waals surface area contributed by atoms with E-state index in [1.165, 1.54) is 12.1 Å². The summed E-state index contributed by atoms with van der Waals surface area (Å²) < 4.78 is 0. The third kappa shape index (κ3) is 5.58. The molecule has 6 heteroatoms. The number of aliphatic imine (C=N–C) groups is 2. The predicted molar refractivity (Wildman–Crippen MR) is 95.8 cm³/mol. The van der Waals surface area contributed by atoms with Gasteiger partial charge >= 0.3 is 0 Å². The number of aromatic hydroxyl groups is 2. The van der Waals surface area contributed by atoms with Gasteiger partial charge < -0.3 is 10.2 Å². The summed E-state index contributed by atoms with van der Waals surface area (Å²) in [6, 6.07) is 9.61. The Bertz CT molecular complexity index is 669. The van der Waals surface area contributed by atoms with Crippen LogP contribution in [-0.2, 0) is 0 Å². The second-order valence-corrected chi connectivity index (χ2v) is 5.70. The molecule has 0 atom stereocenters. The Morgan fingerprint density at radius 3 is 1.65 bits per heavy atom. The molecule has 120 valence electrons. The first kappa shape index (κ1) is 17.3. The lowest BCUT2D eigenvalue weighted by atomic mass is 10.2. The van der Waals surface area contributed by atoms with Crippen LogP contribution in [0.15, 0.2) is 46.4 Å². The Balaban J connectivity index is 1.79. The molecule has 23 heavy (non-hydrogen) atoms. The molecule has 0 saturated heterocycles. The van der Waals surface area contributed by atoms with Crippen molar-refractivity contribution in [1.29, 1.82) is 0 Å². The number of phenols is 2. The van der Waals surface area contributed by atoms with E-state index in [-0.39, 0.29) is 11.5 Å². The van der Waals surface area contributed by atoms with Crippen LogP contribution in [0.4, 0.5) is 0 Å². The molecule has 0 aliphatic carbocycles. The minimum Gasteiger partial charge on any atom is -0.507 e. The molecule has 0 radical (unpaired) electrons. The van der Waals surface area contributed by atoms with E-state index < -0.39 is 0 Å². The van der Waals surface area contributed by atoms with Crippen LogP contribution in [0.3, 0.4) is 0 Å². The first-order valence-corrected chi connectivity index (χ1v) is 7.78. The summed E-state index contributed by atoms with van der Waals surface area (Å²) in [6.45, 7) is 1.15. The standard InChI is InChI=1S/C17H16Cl2N2O2/c18-14-2-4-16(22)12(8-14)10-20-6-1-7-21-11-13-9-15(19)3-5-17(13)23/h2-5,8-11,22-23H,1,6-7H2/b20-10+,21-11+. The summed E-state index contributed by atoms with van der Waals surface area (Å²) >= 11 is 11.7. The van der Waals surface area contributed by atoms with Gasteiger partial charge in [-0.05, 0) is 42.8 Å². The molecule has 0 aromatic heterocycles. The van der Waals surface area contributed by atoms with Crippen molar-refractivity contribution in [3.05, 3.63) is 57.6 Å². The Kier molecular flexibility index (Phi) is 6.44. The van der Waals surface area contributed by atoms with Crippen molar-refractivity contribution in [3.8, 4) is 11.5 Å². The van der Waals surface area contributed by atoms with Gasteiger partial charge in [0.05, 0.1) is 0 Å². The molecule has 0 amide bonds. The second kappa shape index (κ2) is 8.56. The lowest BCUT2D eigenvalue weighted by Gasteiger charge is -1.99. The molecule has 0 aliphatic heterocycles. The molecule has 2 rings (SSSR count). The highest BCUT2D eigenvalue weighted by Gasteiger charge is 1.99. The van der Waals surface area contributed by atoms with Crippen LogP contribution in [-0.4, -0.2) is 35.7 Å². The predicted octanol–water partition coefficient (Wildman–Crippen LogP) is 4.33. The van der Waals surface area contributed by atoms with Crippen molar-refractivity contribution in [1.82, 2.24) is 0 Å². The summed E-state index contributed by atoms with van der Waals surface area (Å²) in [7, 11) is 0. The lowest BCUT2D eigenvalue weighted by molar-refractivity contribution is 0.474. The maximum Gasteiger partial charge on any atom is 0.124 e. The zero-order chi connectivity index (χ0) is 16.7. The van der Waals surface area contributed by atoms with Crippen molar-refractivity contribution in [3.63, 3.8) is 0 Å². The monoisotopic (exact) mass is 350 g/mol. The number of nitrogens with zero attached hydrogens (tertiary/aromatic N) is 2. The van der Waals surface area contributed by atoms with Gasteiger partial charge in [0.25, 0.3) is 0 Å². The van der Waals surface area contributed by atoms with Crippen molar-refractivity contribution in [2.24, 2.45) is 9.98 Å². The fourth-order valence-corrected chi connectivity index (χ4v) is 2.20. The molecule has 0 saturated carbocycles. The average Bonchev–Trinajstić information content (AvgIpc) is 2.52. The van der Waals surface area contributed by atoms with Crippen LogP contribution in [0.2, 0.25) is 10.0 Å². The van der Waals surface area contributed by atoms with Crippen molar-refractivity contribution in [2.45, 2.75) is 6.42 Å². The second-order valence-electron chi connectivity index (χ2n) is 4.83. The Morgan fingerprint density at radius 1 is 0.783 bits per heavy atom. The van der Waals surface area contributed by atoms with Gasteiger partial charge in [0, 0.05) is 46.7 Å². The summed E-state index contributed by atoms with van der Waals surface area (Å²) in [4.78, 5) is 8.46. The zero-order valence-electron chi connectivity index (χ0n) is 12.3. The highest BCUT2D eigenvalue weighted by Crippen LogP contribution is 2.20. The van der Waals surface area contributed by atoms with Crippen LogP contribution in [0, 0.1) is 0 Å². The van der Waals surface area contributed by atoms with Gasteiger partial charge in [-0.3, -0.25) is 9.98 Å². The van der Waals surface area contributed by atoms with Gasteiger partial charge in [-0.1, -0.05) is 23.2 Å². The Hall–Kier alpha value is -2.04. The largest absolute Gasteiger partial charge is 0.507 e. The smallest absolute Gasteiger partial charge is 0.124 e. The number of hydrogen-bond acceptors (Lipinski definition) is 4. The quantitative estimate of drug-likeness (QED) is 0.601. The molecule has 4 nitrogen and oxygen atoms in total. The number of phenolic OH excluding ortho intramolecular Hbond substituents is 2. The molecule has 2 N–H and O–H groups in total. The molecule has 0 aliphatic rings. The van der Waals surface area contributed by atoms with Crippen molar-refractivity contribution >= 4 is 35.6 Å². The fourth-order valence-electron chi connectivity index (χ4n) is 1.84. The lowest BCUT2D eigenvalue weighted by Crippen LogP contribution is -1.90. The van der Waals surface area contributed by atoms with Gasteiger partial charge in [0.1, 0.15) is 11.5 Å². The molecule has 2 aromatic rings. The average molecular weight is 351 g/mol. The number of halogens is 2. The maximum atomic E-state index is 9.64.